The molecule has 0 amide bonds. The average molecular weight is 671 g/mol. The first-order chi connectivity index (χ1) is 16.2. The van der Waals surface area contributed by atoms with Crippen LogP contribution in [0.5, 0.6) is 5.75 Å². The van der Waals surface area contributed by atoms with Gasteiger partial charge in [0.25, 0.3) is 5.56 Å². The Labute approximate surface area is 225 Å². The number of aromatic nitrogens is 1. The molecule has 0 radical (unpaired) electrons. The fourth-order valence-electron chi connectivity index (χ4n) is 3.80. The summed E-state index contributed by atoms with van der Waals surface area (Å²) in [5, 5.41) is 0. The Morgan fingerprint density at radius 2 is 1.88 bits per heavy atom. The van der Waals surface area contributed by atoms with Gasteiger partial charge in [0.2, 0.25) is 0 Å². The fraction of sp³-hybridized carbons (Fsp3) is 0.208. The molecule has 0 spiro atoms. The minimum absolute atomic E-state index is 0.227. The van der Waals surface area contributed by atoms with Gasteiger partial charge in [-0.1, -0.05) is 55.3 Å². The molecule has 1 aromatic heterocycles. The molecule has 0 saturated heterocycles. The molecule has 10 heteroatoms. The number of carbonyl (C=O) groups is 1. The number of rotatable bonds is 5. The van der Waals surface area contributed by atoms with E-state index in [-0.39, 0.29) is 12.2 Å². The first-order valence-electron chi connectivity index (χ1n) is 10.2. The van der Waals surface area contributed by atoms with Gasteiger partial charge < -0.3 is 9.47 Å². The second-order valence-corrected chi connectivity index (χ2v) is 11.1. The van der Waals surface area contributed by atoms with Crippen LogP contribution in [0, 0.1) is 0 Å². The van der Waals surface area contributed by atoms with Crippen LogP contribution in [0.4, 0.5) is 0 Å². The molecule has 1 aliphatic heterocycles. The van der Waals surface area contributed by atoms with Gasteiger partial charge in [-0.15, -0.1) is 0 Å². The average Bonchev–Trinajstić information content (AvgIpc) is 3.08. The zero-order valence-electron chi connectivity index (χ0n) is 18.4. The van der Waals surface area contributed by atoms with Crippen LogP contribution in [-0.4, -0.2) is 24.3 Å². The molecule has 0 N–H and O–H groups in total. The standard InChI is InChI=1S/C24H19Br3N2O4S/c1-4-33-23(31)19-12(2)28-24-29(20(19)13-5-7-15(25)8-6-13)22(30)18(34-24)10-14-9-16(26)11-17(27)21(14)32-3/h5-11,20H,4H2,1-3H3/b18-10-/t20-/m1/s1. The summed E-state index contributed by atoms with van der Waals surface area (Å²) >= 11 is 11.7. The number of benzene rings is 2. The van der Waals surface area contributed by atoms with Crippen molar-refractivity contribution >= 4 is 71.2 Å². The number of halogens is 3. The van der Waals surface area contributed by atoms with Crippen molar-refractivity contribution in [3.05, 3.63) is 91.9 Å². The largest absolute Gasteiger partial charge is 0.495 e. The minimum Gasteiger partial charge on any atom is -0.495 e. The number of methoxy groups -OCH3 is 1. The molecule has 0 fully saturated rings. The van der Waals surface area contributed by atoms with Crippen molar-refractivity contribution in [2.45, 2.75) is 19.9 Å². The van der Waals surface area contributed by atoms with E-state index in [0.717, 1.165) is 24.5 Å². The molecule has 34 heavy (non-hydrogen) atoms. The summed E-state index contributed by atoms with van der Waals surface area (Å²) in [4.78, 5) is 31.8. The molecule has 176 valence electrons. The van der Waals surface area contributed by atoms with Crippen molar-refractivity contribution in [3.8, 4) is 5.75 Å². The molecule has 6 nitrogen and oxygen atoms in total. The first-order valence-corrected chi connectivity index (χ1v) is 13.4. The Morgan fingerprint density at radius 1 is 1.18 bits per heavy atom. The van der Waals surface area contributed by atoms with Crippen molar-refractivity contribution in [2.24, 2.45) is 4.99 Å². The second kappa shape index (κ2) is 10.3. The van der Waals surface area contributed by atoms with Gasteiger partial charge in [-0.3, -0.25) is 9.36 Å². The van der Waals surface area contributed by atoms with Crippen molar-refractivity contribution in [2.75, 3.05) is 13.7 Å². The first kappa shape index (κ1) is 25.1. The second-order valence-electron chi connectivity index (χ2n) is 7.36. The van der Waals surface area contributed by atoms with E-state index in [1.807, 2.05) is 36.4 Å². The van der Waals surface area contributed by atoms with Gasteiger partial charge in [0.15, 0.2) is 4.80 Å². The highest BCUT2D eigenvalue weighted by atomic mass is 79.9. The Balaban J connectivity index is 1.99. The minimum atomic E-state index is -0.651. The van der Waals surface area contributed by atoms with Crippen LogP contribution in [0.3, 0.4) is 0 Å². The number of nitrogens with zero attached hydrogens (tertiary/aromatic N) is 2. The molecule has 3 aromatic rings. The third-order valence-corrected chi connectivity index (χ3v) is 7.79. The number of hydrogen-bond acceptors (Lipinski definition) is 6. The number of hydrogen-bond donors (Lipinski definition) is 0. The quantitative estimate of drug-likeness (QED) is 0.355. The van der Waals surface area contributed by atoms with Gasteiger partial charge in [-0.2, -0.15) is 0 Å². The molecule has 0 bridgehead atoms. The summed E-state index contributed by atoms with van der Waals surface area (Å²) in [6.45, 7) is 3.75. The zero-order chi connectivity index (χ0) is 24.6. The highest BCUT2D eigenvalue weighted by Crippen LogP contribution is 2.34. The van der Waals surface area contributed by atoms with Gasteiger partial charge in [0, 0.05) is 14.5 Å². The fourth-order valence-corrected chi connectivity index (χ4v) is 6.52. The highest BCUT2D eigenvalue weighted by Gasteiger charge is 2.33. The van der Waals surface area contributed by atoms with Crippen LogP contribution in [0.2, 0.25) is 0 Å². The molecular formula is C24H19Br3N2O4S. The lowest BCUT2D eigenvalue weighted by Crippen LogP contribution is -2.39. The van der Waals surface area contributed by atoms with E-state index in [0.29, 0.717) is 26.4 Å². The summed E-state index contributed by atoms with van der Waals surface area (Å²) in [7, 11) is 1.58. The molecule has 0 unspecified atom stereocenters. The SMILES string of the molecule is CCOC(=O)C1=C(C)N=c2s/c(=C\c3cc(Br)cc(Br)c3OC)c(=O)n2[C@@H]1c1ccc(Br)cc1. The monoisotopic (exact) mass is 668 g/mol. The highest BCUT2D eigenvalue weighted by molar-refractivity contribution is 9.11. The van der Waals surface area contributed by atoms with Gasteiger partial charge in [-0.05, 0) is 65.7 Å². The number of esters is 1. The lowest BCUT2D eigenvalue weighted by Gasteiger charge is -2.24. The molecule has 1 aliphatic rings. The van der Waals surface area contributed by atoms with Crippen molar-refractivity contribution < 1.29 is 14.3 Å². The number of allylic oxidation sites excluding steroid dienone is 1. The van der Waals surface area contributed by atoms with Crippen LogP contribution in [0.25, 0.3) is 6.08 Å². The molecule has 2 aromatic carbocycles. The lowest BCUT2D eigenvalue weighted by molar-refractivity contribution is -0.139. The number of ether oxygens (including phenoxy) is 2. The number of fused-ring (bicyclic) bond motifs is 1. The van der Waals surface area contributed by atoms with Crippen molar-refractivity contribution in [1.82, 2.24) is 4.57 Å². The maximum Gasteiger partial charge on any atom is 0.338 e. The van der Waals surface area contributed by atoms with Crippen LogP contribution in [0.15, 0.2) is 70.9 Å². The van der Waals surface area contributed by atoms with E-state index >= 15 is 0 Å². The van der Waals surface area contributed by atoms with E-state index in [4.69, 9.17) is 9.47 Å². The molecular weight excluding hydrogens is 652 g/mol. The number of carbonyl (C=O) groups excluding carboxylic acids is 1. The topological polar surface area (TPSA) is 69.9 Å². The van der Waals surface area contributed by atoms with Crippen LogP contribution < -0.4 is 19.6 Å². The smallest absolute Gasteiger partial charge is 0.338 e. The van der Waals surface area contributed by atoms with E-state index in [9.17, 15) is 9.59 Å². The maximum absolute atomic E-state index is 13.7. The summed E-state index contributed by atoms with van der Waals surface area (Å²) in [6, 6.07) is 10.6. The summed E-state index contributed by atoms with van der Waals surface area (Å²) in [5.41, 5.74) is 2.16. The molecule has 1 atom stereocenters. The van der Waals surface area contributed by atoms with Crippen LogP contribution in [-0.2, 0) is 9.53 Å². The Hall–Kier alpha value is -2.01. The van der Waals surface area contributed by atoms with Crippen LogP contribution in [0.1, 0.15) is 31.0 Å². The predicted molar refractivity (Wildman–Crippen MR) is 143 cm³/mol. The zero-order valence-corrected chi connectivity index (χ0v) is 24.0. The maximum atomic E-state index is 13.7. The van der Waals surface area contributed by atoms with Crippen LogP contribution >= 0.6 is 59.1 Å². The van der Waals surface area contributed by atoms with Gasteiger partial charge in [0.1, 0.15) is 5.75 Å². The van der Waals surface area contributed by atoms with Crippen molar-refractivity contribution in [3.63, 3.8) is 0 Å². The lowest BCUT2D eigenvalue weighted by atomic mass is 9.96. The molecule has 2 heterocycles. The molecule has 4 rings (SSSR count). The normalized spacial score (nSPS) is 15.7. The van der Waals surface area contributed by atoms with E-state index in [2.05, 4.69) is 52.8 Å². The third-order valence-electron chi connectivity index (χ3n) is 5.23. The van der Waals surface area contributed by atoms with Gasteiger partial charge in [0.05, 0.1) is 40.0 Å². The third kappa shape index (κ3) is 4.73. The van der Waals surface area contributed by atoms with E-state index in [1.54, 1.807) is 31.6 Å². The molecule has 0 aliphatic carbocycles. The number of thiazole rings is 1. The van der Waals surface area contributed by atoms with E-state index < -0.39 is 12.0 Å². The summed E-state index contributed by atoms with van der Waals surface area (Å²) in [5.74, 6) is 0.130. The summed E-state index contributed by atoms with van der Waals surface area (Å²) < 4.78 is 15.4. The van der Waals surface area contributed by atoms with Crippen molar-refractivity contribution in [1.29, 1.82) is 0 Å². The van der Waals surface area contributed by atoms with Gasteiger partial charge in [-0.25, -0.2) is 9.79 Å². The Morgan fingerprint density at radius 3 is 2.53 bits per heavy atom. The van der Waals surface area contributed by atoms with E-state index in [1.165, 1.54) is 11.3 Å². The van der Waals surface area contributed by atoms with Gasteiger partial charge >= 0.3 is 5.97 Å². The molecule has 0 saturated carbocycles. The Bertz CT molecular complexity index is 1490. The Kier molecular flexibility index (Phi) is 7.61. The predicted octanol–water partition coefficient (Wildman–Crippen LogP) is 5.09. The summed E-state index contributed by atoms with van der Waals surface area (Å²) in [6.07, 6.45) is 1.78.